The zero-order valence-electron chi connectivity index (χ0n) is 12.9. The van der Waals surface area contributed by atoms with Crippen LogP contribution in [0.15, 0.2) is 0 Å². The highest BCUT2D eigenvalue weighted by atomic mass is 16.5. The fraction of sp³-hybridized carbons (Fsp3) is 1.00. The molecule has 2 fully saturated rings. The minimum absolute atomic E-state index is 0.397. The molecule has 2 aliphatic rings. The third kappa shape index (κ3) is 4.44. The first-order valence-corrected chi connectivity index (χ1v) is 8.36. The molecule has 1 saturated heterocycles. The molecule has 0 bridgehead atoms. The summed E-state index contributed by atoms with van der Waals surface area (Å²) in [5, 5.41) is 3.58. The second-order valence-electron chi connectivity index (χ2n) is 6.28. The molecular formula is C16H32N2O. The summed E-state index contributed by atoms with van der Waals surface area (Å²) in [6.07, 6.45) is 10.1. The van der Waals surface area contributed by atoms with Crippen molar-refractivity contribution in [1.82, 2.24) is 10.2 Å². The first-order chi connectivity index (χ1) is 9.35. The van der Waals surface area contributed by atoms with Crippen molar-refractivity contribution in [3.8, 4) is 0 Å². The van der Waals surface area contributed by atoms with Crippen LogP contribution in [-0.4, -0.2) is 50.3 Å². The number of nitrogens with zero attached hydrogens (tertiary/aromatic N) is 1. The maximum Gasteiger partial charge on any atom is 0.0857 e. The van der Waals surface area contributed by atoms with Gasteiger partial charge in [-0.3, -0.25) is 4.90 Å². The Hall–Kier alpha value is -0.120. The number of likely N-dealkylation sites (N-methyl/N-ethyl adjacent to an activating group) is 1. The van der Waals surface area contributed by atoms with Crippen LogP contribution in [0, 0.1) is 5.92 Å². The van der Waals surface area contributed by atoms with Gasteiger partial charge in [0.2, 0.25) is 0 Å². The first kappa shape index (κ1) is 15.3. The van der Waals surface area contributed by atoms with Crippen LogP contribution in [0.4, 0.5) is 0 Å². The van der Waals surface area contributed by atoms with E-state index >= 15 is 0 Å². The summed E-state index contributed by atoms with van der Waals surface area (Å²) in [7, 11) is 2.12. The van der Waals surface area contributed by atoms with Gasteiger partial charge >= 0.3 is 0 Å². The molecule has 0 aromatic rings. The highest BCUT2D eigenvalue weighted by Gasteiger charge is 2.32. The zero-order valence-corrected chi connectivity index (χ0v) is 12.9. The Bertz CT molecular complexity index is 237. The van der Waals surface area contributed by atoms with Crippen molar-refractivity contribution in [2.75, 3.05) is 33.3 Å². The second kappa shape index (κ2) is 8.23. The van der Waals surface area contributed by atoms with Gasteiger partial charge in [0, 0.05) is 19.1 Å². The molecule has 3 heteroatoms. The molecule has 19 heavy (non-hydrogen) atoms. The van der Waals surface area contributed by atoms with E-state index in [-0.39, 0.29) is 0 Å². The lowest BCUT2D eigenvalue weighted by atomic mass is 9.87. The minimum atomic E-state index is 0.397. The summed E-state index contributed by atoms with van der Waals surface area (Å²) in [6.45, 7) is 6.64. The number of rotatable bonds is 5. The van der Waals surface area contributed by atoms with Crippen molar-refractivity contribution in [1.29, 1.82) is 0 Å². The van der Waals surface area contributed by atoms with Gasteiger partial charge in [0.05, 0.1) is 12.7 Å². The lowest BCUT2D eigenvalue weighted by Crippen LogP contribution is -2.54. The molecule has 0 spiro atoms. The predicted octanol–water partition coefficient (Wildman–Crippen LogP) is 2.66. The van der Waals surface area contributed by atoms with Crippen molar-refractivity contribution in [3.63, 3.8) is 0 Å². The number of ether oxygens (including phenoxy) is 1. The molecule has 1 N–H and O–H groups in total. The first-order valence-electron chi connectivity index (χ1n) is 8.36. The standard InChI is InChI=1S/C16H32N2O/c1-3-10-18-11-12-19-15(13-18)16(17-2)14-8-6-4-5-7-9-14/h14-17H,3-13H2,1-2H3. The molecule has 1 aliphatic heterocycles. The summed E-state index contributed by atoms with van der Waals surface area (Å²) < 4.78 is 6.10. The Morgan fingerprint density at radius 2 is 1.95 bits per heavy atom. The van der Waals surface area contributed by atoms with Gasteiger partial charge in [0.25, 0.3) is 0 Å². The topological polar surface area (TPSA) is 24.5 Å². The van der Waals surface area contributed by atoms with Gasteiger partial charge in [-0.1, -0.05) is 32.6 Å². The van der Waals surface area contributed by atoms with E-state index in [9.17, 15) is 0 Å². The quantitative estimate of drug-likeness (QED) is 0.776. The molecule has 3 nitrogen and oxygen atoms in total. The highest BCUT2D eigenvalue weighted by molar-refractivity contribution is 4.88. The lowest BCUT2D eigenvalue weighted by molar-refractivity contribution is -0.0563. The van der Waals surface area contributed by atoms with E-state index in [4.69, 9.17) is 4.74 Å². The normalized spacial score (nSPS) is 29.1. The predicted molar refractivity (Wildman–Crippen MR) is 80.5 cm³/mol. The van der Waals surface area contributed by atoms with Gasteiger partial charge < -0.3 is 10.1 Å². The van der Waals surface area contributed by atoms with Crippen molar-refractivity contribution in [2.24, 2.45) is 5.92 Å². The molecule has 0 radical (unpaired) electrons. The molecule has 2 unspecified atom stereocenters. The Kier molecular flexibility index (Phi) is 6.62. The summed E-state index contributed by atoms with van der Waals surface area (Å²) in [4.78, 5) is 2.58. The third-order valence-electron chi connectivity index (χ3n) is 4.86. The van der Waals surface area contributed by atoms with Gasteiger partial charge in [0.15, 0.2) is 0 Å². The Morgan fingerprint density at radius 3 is 2.58 bits per heavy atom. The zero-order chi connectivity index (χ0) is 13.5. The Labute approximate surface area is 119 Å². The van der Waals surface area contributed by atoms with Crippen molar-refractivity contribution in [2.45, 2.75) is 64.0 Å². The molecule has 1 aliphatic carbocycles. The fourth-order valence-corrected chi connectivity index (χ4v) is 3.86. The molecule has 0 aromatic carbocycles. The highest BCUT2D eigenvalue weighted by Crippen LogP contribution is 2.28. The molecule has 2 atom stereocenters. The van der Waals surface area contributed by atoms with Gasteiger partial charge in [-0.15, -0.1) is 0 Å². The molecule has 2 rings (SSSR count). The van der Waals surface area contributed by atoms with E-state index in [0.717, 1.165) is 25.6 Å². The van der Waals surface area contributed by atoms with Gasteiger partial charge in [0.1, 0.15) is 0 Å². The largest absolute Gasteiger partial charge is 0.374 e. The van der Waals surface area contributed by atoms with Crippen LogP contribution in [0.1, 0.15) is 51.9 Å². The second-order valence-corrected chi connectivity index (χ2v) is 6.28. The monoisotopic (exact) mass is 268 g/mol. The molecule has 1 heterocycles. The number of hydrogen-bond acceptors (Lipinski definition) is 3. The van der Waals surface area contributed by atoms with E-state index in [0.29, 0.717) is 12.1 Å². The van der Waals surface area contributed by atoms with Gasteiger partial charge in [-0.2, -0.15) is 0 Å². The molecule has 1 saturated carbocycles. The molecule has 0 amide bonds. The van der Waals surface area contributed by atoms with Crippen molar-refractivity contribution < 1.29 is 4.74 Å². The van der Waals surface area contributed by atoms with Crippen LogP contribution in [0.5, 0.6) is 0 Å². The maximum atomic E-state index is 6.10. The number of hydrogen-bond donors (Lipinski definition) is 1. The minimum Gasteiger partial charge on any atom is -0.374 e. The summed E-state index contributed by atoms with van der Waals surface area (Å²) in [5.41, 5.74) is 0. The van der Waals surface area contributed by atoms with E-state index in [1.165, 1.54) is 51.5 Å². The molecule has 0 aromatic heterocycles. The van der Waals surface area contributed by atoms with E-state index in [1.807, 2.05) is 0 Å². The lowest BCUT2D eigenvalue weighted by Gasteiger charge is -2.39. The third-order valence-corrected chi connectivity index (χ3v) is 4.86. The summed E-state index contributed by atoms with van der Waals surface area (Å²) in [6, 6.07) is 0.553. The van der Waals surface area contributed by atoms with E-state index in [1.54, 1.807) is 0 Å². The van der Waals surface area contributed by atoms with E-state index < -0.39 is 0 Å². The van der Waals surface area contributed by atoms with Crippen LogP contribution in [-0.2, 0) is 4.74 Å². The van der Waals surface area contributed by atoms with Crippen LogP contribution in [0.2, 0.25) is 0 Å². The van der Waals surface area contributed by atoms with Gasteiger partial charge in [-0.25, -0.2) is 0 Å². The van der Waals surface area contributed by atoms with Crippen molar-refractivity contribution >= 4 is 0 Å². The smallest absolute Gasteiger partial charge is 0.0857 e. The van der Waals surface area contributed by atoms with Gasteiger partial charge in [-0.05, 0) is 38.8 Å². The van der Waals surface area contributed by atoms with Crippen LogP contribution >= 0.6 is 0 Å². The van der Waals surface area contributed by atoms with E-state index in [2.05, 4.69) is 24.2 Å². The number of nitrogens with one attached hydrogen (secondary N) is 1. The molecule has 112 valence electrons. The molecular weight excluding hydrogens is 236 g/mol. The summed E-state index contributed by atoms with van der Waals surface area (Å²) >= 11 is 0. The maximum absolute atomic E-state index is 6.10. The summed E-state index contributed by atoms with van der Waals surface area (Å²) in [5.74, 6) is 0.819. The average molecular weight is 268 g/mol. The SMILES string of the molecule is CCCN1CCOC(C(NC)C2CCCCCC2)C1. The van der Waals surface area contributed by atoms with Crippen LogP contribution in [0.25, 0.3) is 0 Å². The van der Waals surface area contributed by atoms with Crippen LogP contribution in [0.3, 0.4) is 0 Å². The Balaban J connectivity index is 1.91. The number of morpholine rings is 1. The van der Waals surface area contributed by atoms with Crippen LogP contribution < -0.4 is 5.32 Å². The average Bonchev–Trinajstić information content (AvgIpc) is 2.70. The fourth-order valence-electron chi connectivity index (χ4n) is 3.86. The van der Waals surface area contributed by atoms with Crippen molar-refractivity contribution in [3.05, 3.63) is 0 Å². The Morgan fingerprint density at radius 1 is 1.21 bits per heavy atom.